The van der Waals surface area contributed by atoms with Crippen LogP contribution in [0.4, 0.5) is 0 Å². The van der Waals surface area contributed by atoms with Gasteiger partial charge in [0.15, 0.2) is 0 Å². The van der Waals surface area contributed by atoms with Gasteiger partial charge in [0, 0.05) is 33.6 Å². The zero-order valence-electron chi connectivity index (χ0n) is 10.6. The summed E-state index contributed by atoms with van der Waals surface area (Å²) in [6.07, 6.45) is 0. The second-order valence-electron chi connectivity index (χ2n) is 3.94. The van der Waals surface area contributed by atoms with E-state index in [9.17, 15) is 9.59 Å². The van der Waals surface area contributed by atoms with E-state index >= 15 is 0 Å². The minimum absolute atomic E-state index is 0. The molecule has 0 aromatic rings. The van der Waals surface area contributed by atoms with E-state index in [0.29, 0.717) is 6.54 Å². The maximum atomic E-state index is 11.7. The highest BCUT2D eigenvalue weighted by atomic mass is 35.5. The van der Waals surface area contributed by atoms with Gasteiger partial charge in [0.1, 0.15) is 0 Å². The van der Waals surface area contributed by atoms with Gasteiger partial charge in [-0.05, 0) is 7.05 Å². The highest BCUT2D eigenvalue weighted by molar-refractivity contribution is 5.85. The molecule has 0 saturated heterocycles. The number of halogens is 1. The maximum Gasteiger partial charge on any atom is 0.241 e. The summed E-state index contributed by atoms with van der Waals surface area (Å²) < 4.78 is 0. The lowest BCUT2D eigenvalue weighted by molar-refractivity contribution is -0.140. The van der Waals surface area contributed by atoms with Crippen LogP contribution in [0.15, 0.2) is 0 Å². The molecule has 0 aromatic carbocycles. The van der Waals surface area contributed by atoms with Crippen LogP contribution in [-0.2, 0) is 9.59 Å². The average molecular weight is 252 g/mol. The lowest BCUT2D eigenvalue weighted by Crippen LogP contribution is -2.41. The number of carbonyl (C=O) groups is 2. The Balaban J connectivity index is 0. The summed E-state index contributed by atoms with van der Waals surface area (Å²) in [5.74, 6) is -0.183. The molecular formula is C10H22ClN3O2. The van der Waals surface area contributed by atoms with Crippen LogP contribution in [0.2, 0.25) is 0 Å². The van der Waals surface area contributed by atoms with Gasteiger partial charge in [-0.3, -0.25) is 9.59 Å². The van der Waals surface area contributed by atoms with Gasteiger partial charge < -0.3 is 15.1 Å². The van der Waals surface area contributed by atoms with Gasteiger partial charge in [-0.2, -0.15) is 0 Å². The topological polar surface area (TPSA) is 52.7 Å². The fourth-order valence-electron chi connectivity index (χ4n) is 1.19. The molecule has 0 saturated carbocycles. The van der Waals surface area contributed by atoms with Crippen LogP contribution in [0.25, 0.3) is 0 Å². The van der Waals surface area contributed by atoms with E-state index in [1.807, 2.05) is 6.92 Å². The predicted molar refractivity (Wildman–Crippen MR) is 66.7 cm³/mol. The van der Waals surface area contributed by atoms with Crippen molar-refractivity contribution in [2.75, 3.05) is 41.3 Å². The minimum atomic E-state index is -0.102. The lowest BCUT2D eigenvalue weighted by Gasteiger charge is -2.22. The third-order valence-corrected chi connectivity index (χ3v) is 2.18. The van der Waals surface area contributed by atoms with Crippen molar-refractivity contribution in [1.29, 1.82) is 0 Å². The number of nitrogens with zero attached hydrogens (tertiary/aromatic N) is 2. The van der Waals surface area contributed by atoms with E-state index in [-0.39, 0.29) is 36.7 Å². The van der Waals surface area contributed by atoms with Crippen molar-refractivity contribution in [1.82, 2.24) is 15.1 Å². The molecule has 1 atom stereocenters. The Hall–Kier alpha value is -0.810. The SMILES string of the molecule is CNCC(C)C(=O)N(C)CC(=O)N(C)C.Cl. The molecule has 16 heavy (non-hydrogen) atoms. The third kappa shape index (κ3) is 5.92. The van der Waals surface area contributed by atoms with E-state index < -0.39 is 0 Å². The largest absolute Gasteiger partial charge is 0.347 e. The van der Waals surface area contributed by atoms with Crippen molar-refractivity contribution in [3.8, 4) is 0 Å². The van der Waals surface area contributed by atoms with Gasteiger partial charge >= 0.3 is 0 Å². The molecule has 0 spiro atoms. The molecule has 0 aromatic heterocycles. The molecule has 0 aliphatic rings. The zero-order valence-corrected chi connectivity index (χ0v) is 11.4. The Morgan fingerprint density at radius 3 is 2.12 bits per heavy atom. The summed E-state index contributed by atoms with van der Waals surface area (Å²) >= 11 is 0. The summed E-state index contributed by atoms with van der Waals surface area (Å²) in [7, 11) is 6.81. The molecule has 0 aliphatic heterocycles. The minimum Gasteiger partial charge on any atom is -0.347 e. The van der Waals surface area contributed by atoms with Crippen LogP contribution < -0.4 is 5.32 Å². The second kappa shape index (κ2) is 8.35. The Morgan fingerprint density at radius 2 is 1.75 bits per heavy atom. The summed E-state index contributed by atoms with van der Waals surface area (Å²) in [5, 5.41) is 2.94. The lowest BCUT2D eigenvalue weighted by atomic mass is 10.1. The van der Waals surface area contributed by atoms with Crippen LogP contribution in [0.1, 0.15) is 6.92 Å². The van der Waals surface area contributed by atoms with Gasteiger partial charge in [0.25, 0.3) is 0 Å². The molecule has 0 rings (SSSR count). The average Bonchev–Trinajstić information content (AvgIpc) is 2.16. The Labute approximate surface area is 104 Å². The molecule has 1 unspecified atom stereocenters. The number of carbonyl (C=O) groups excluding carboxylic acids is 2. The molecular weight excluding hydrogens is 230 g/mol. The van der Waals surface area contributed by atoms with Crippen LogP contribution >= 0.6 is 12.4 Å². The van der Waals surface area contributed by atoms with Gasteiger partial charge in [0.2, 0.25) is 11.8 Å². The normalized spacial score (nSPS) is 11.3. The fraction of sp³-hybridized carbons (Fsp3) is 0.800. The first-order valence-electron chi connectivity index (χ1n) is 4.99. The first-order chi connectivity index (χ1) is 6.90. The summed E-state index contributed by atoms with van der Waals surface area (Å²) in [5.41, 5.74) is 0. The number of hydrogen-bond donors (Lipinski definition) is 1. The van der Waals surface area contributed by atoms with Crippen LogP contribution in [-0.4, -0.2) is 62.9 Å². The summed E-state index contributed by atoms with van der Waals surface area (Å²) in [6.45, 7) is 2.61. The Kier molecular flexibility index (Phi) is 9.18. The molecule has 0 fully saturated rings. The molecule has 6 heteroatoms. The van der Waals surface area contributed by atoms with Crippen LogP contribution in [0.5, 0.6) is 0 Å². The third-order valence-electron chi connectivity index (χ3n) is 2.18. The number of likely N-dealkylation sites (N-methyl/N-ethyl adjacent to an activating group) is 2. The zero-order chi connectivity index (χ0) is 12.0. The summed E-state index contributed by atoms with van der Waals surface area (Å²) in [4.78, 5) is 26.0. The predicted octanol–water partition coefficient (Wildman–Crippen LogP) is -0.190. The van der Waals surface area contributed by atoms with E-state index in [1.54, 1.807) is 28.2 Å². The number of rotatable bonds is 5. The molecule has 0 aliphatic carbocycles. The van der Waals surface area contributed by atoms with Crippen molar-refractivity contribution in [2.45, 2.75) is 6.92 Å². The van der Waals surface area contributed by atoms with Crippen molar-refractivity contribution < 1.29 is 9.59 Å². The molecule has 1 N–H and O–H groups in total. The van der Waals surface area contributed by atoms with Crippen molar-refractivity contribution in [3.05, 3.63) is 0 Å². The Bertz CT molecular complexity index is 234. The van der Waals surface area contributed by atoms with E-state index in [4.69, 9.17) is 0 Å². The summed E-state index contributed by atoms with van der Waals surface area (Å²) in [6, 6.07) is 0. The molecule has 0 radical (unpaired) electrons. The number of hydrogen-bond acceptors (Lipinski definition) is 3. The smallest absolute Gasteiger partial charge is 0.241 e. The van der Waals surface area contributed by atoms with Crippen LogP contribution in [0.3, 0.4) is 0 Å². The monoisotopic (exact) mass is 251 g/mol. The van der Waals surface area contributed by atoms with Crippen molar-refractivity contribution >= 4 is 24.2 Å². The molecule has 2 amide bonds. The standard InChI is InChI=1S/C10H21N3O2.ClH/c1-8(6-11-2)10(15)13(5)7-9(14)12(3)4;/h8,11H,6-7H2,1-5H3;1H. The first kappa shape index (κ1) is 17.6. The Morgan fingerprint density at radius 1 is 1.25 bits per heavy atom. The number of nitrogens with one attached hydrogen (secondary N) is 1. The van der Waals surface area contributed by atoms with E-state index in [1.165, 1.54) is 9.80 Å². The maximum absolute atomic E-state index is 11.7. The molecule has 0 bridgehead atoms. The molecule has 96 valence electrons. The van der Waals surface area contributed by atoms with Gasteiger partial charge in [-0.15, -0.1) is 12.4 Å². The first-order valence-corrected chi connectivity index (χ1v) is 4.99. The quantitative estimate of drug-likeness (QED) is 0.737. The van der Waals surface area contributed by atoms with Crippen LogP contribution in [0, 0.1) is 5.92 Å². The molecule has 0 heterocycles. The highest BCUT2D eigenvalue weighted by Gasteiger charge is 2.19. The van der Waals surface area contributed by atoms with Gasteiger partial charge in [0.05, 0.1) is 6.54 Å². The molecule has 5 nitrogen and oxygen atoms in total. The van der Waals surface area contributed by atoms with Gasteiger partial charge in [-0.25, -0.2) is 0 Å². The number of amides is 2. The van der Waals surface area contributed by atoms with Crippen molar-refractivity contribution in [2.24, 2.45) is 5.92 Å². The fourth-order valence-corrected chi connectivity index (χ4v) is 1.19. The van der Waals surface area contributed by atoms with Gasteiger partial charge in [-0.1, -0.05) is 6.92 Å². The van der Waals surface area contributed by atoms with E-state index in [2.05, 4.69) is 5.32 Å². The van der Waals surface area contributed by atoms with Crippen molar-refractivity contribution in [3.63, 3.8) is 0 Å². The van der Waals surface area contributed by atoms with E-state index in [0.717, 1.165) is 0 Å². The highest BCUT2D eigenvalue weighted by Crippen LogP contribution is 1.99. The second-order valence-corrected chi connectivity index (χ2v) is 3.94.